The maximum absolute atomic E-state index is 12.3. The molecule has 0 bridgehead atoms. The Balaban J connectivity index is 1.43. The molecule has 0 radical (unpaired) electrons. The molecule has 2 N–H and O–H groups in total. The van der Waals surface area contributed by atoms with Crippen LogP contribution in [0.5, 0.6) is 0 Å². The standard InChI is InChI=1S/C27H23Cl2N3O2S/c1-3-16(2)18-8-11-24-23(14-18)31-26(34-24)19-5-4-6-21(13-19)30-27(35)32-25(33)12-9-17-7-10-20(28)15-22(17)29/h4-16H,3H2,1-2H3,(H2,30,32,33,35). The number of oxazole rings is 1. The fourth-order valence-electron chi connectivity index (χ4n) is 3.46. The molecule has 3 aromatic carbocycles. The third-order valence-corrected chi connectivity index (χ3v) is 6.34. The maximum atomic E-state index is 12.3. The number of thiocarbonyl (C=S) groups is 1. The van der Waals surface area contributed by atoms with Gasteiger partial charge in [0.25, 0.3) is 0 Å². The fourth-order valence-corrected chi connectivity index (χ4v) is 4.15. The van der Waals surface area contributed by atoms with E-state index in [1.807, 2.05) is 30.3 Å². The van der Waals surface area contributed by atoms with Gasteiger partial charge in [-0.1, -0.05) is 55.2 Å². The van der Waals surface area contributed by atoms with Crippen molar-refractivity contribution in [3.63, 3.8) is 0 Å². The molecule has 0 saturated heterocycles. The first-order valence-corrected chi connectivity index (χ1v) is 12.2. The van der Waals surface area contributed by atoms with Crippen LogP contribution in [0.1, 0.15) is 37.3 Å². The van der Waals surface area contributed by atoms with E-state index in [4.69, 9.17) is 39.8 Å². The molecule has 0 aliphatic heterocycles. The van der Waals surface area contributed by atoms with E-state index in [1.54, 1.807) is 24.3 Å². The topological polar surface area (TPSA) is 67.2 Å². The number of carbonyl (C=O) groups is 1. The number of rotatable bonds is 6. The molecule has 1 atom stereocenters. The summed E-state index contributed by atoms with van der Waals surface area (Å²) < 4.78 is 5.97. The highest BCUT2D eigenvalue weighted by Gasteiger charge is 2.12. The molecule has 1 aromatic heterocycles. The molecule has 8 heteroatoms. The Labute approximate surface area is 219 Å². The number of benzene rings is 3. The van der Waals surface area contributed by atoms with Gasteiger partial charge in [0.2, 0.25) is 11.8 Å². The minimum atomic E-state index is -0.388. The SMILES string of the molecule is CCC(C)c1ccc2oc(-c3cccc(NC(=S)NC(=O)C=Cc4ccc(Cl)cc4Cl)c3)nc2c1. The van der Waals surface area contributed by atoms with Crippen LogP contribution in [-0.4, -0.2) is 16.0 Å². The van der Waals surface area contributed by atoms with E-state index in [0.717, 1.165) is 23.1 Å². The van der Waals surface area contributed by atoms with Crippen LogP contribution < -0.4 is 10.6 Å². The molecule has 1 heterocycles. The summed E-state index contributed by atoms with van der Waals surface area (Å²) in [5.74, 6) is 0.588. The van der Waals surface area contributed by atoms with Gasteiger partial charge in [-0.2, -0.15) is 0 Å². The molecule has 4 rings (SSSR count). The van der Waals surface area contributed by atoms with Gasteiger partial charge in [0.15, 0.2) is 10.7 Å². The van der Waals surface area contributed by atoms with Crippen molar-refractivity contribution in [1.29, 1.82) is 0 Å². The number of nitrogens with zero attached hydrogens (tertiary/aromatic N) is 1. The molecule has 178 valence electrons. The molecule has 0 aliphatic rings. The summed E-state index contributed by atoms with van der Waals surface area (Å²) in [6, 6.07) is 18.6. The number of hydrogen-bond donors (Lipinski definition) is 2. The van der Waals surface area contributed by atoms with Crippen LogP contribution in [0.3, 0.4) is 0 Å². The van der Waals surface area contributed by atoms with Gasteiger partial charge in [-0.25, -0.2) is 4.98 Å². The summed E-state index contributed by atoms with van der Waals surface area (Å²) in [7, 11) is 0. The average molecular weight is 524 g/mol. The Morgan fingerprint density at radius 3 is 2.74 bits per heavy atom. The molecule has 0 saturated carbocycles. The zero-order valence-corrected chi connectivity index (χ0v) is 21.5. The lowest BCUT2D eigenvalue weighted by atomic mass is 9.98. The normalized spacial score (nSPS) is 12.1. The van der Waals surface area contributed by atoms with Crippen LogP contribution in [0.2, 0.25) is 10.0 Å². The van der Waals surface area contributed by atoms with Gasteiger partial charge in [0.05, 0.1) is 0 Å². The van der Waals surface area contributed by atoms with Crippen LogP contribution in [0.25, 0.3) is 28.6 Å². The maximum Gasteiger partial charge on any atom is 0.250 e. The predicted octanol–water partition coefficient (Wildman–Crippen LogP) is 7.84. The molecule has 0 aliphatic carbocycles. The first-order valence-electron chi connectivity index (χ1n) is 11.1. The largest absolute Gasteiger partial charge is 0.436 e. The van der Waals surface area contributed by atoms with Gasteiger partial charge in [-0.05, 0) is 84.2 Å². The minimum absolute atomic E-state index is 0.162. The van der Waals surface area contributed by atoms with E-state index in [9.17, 15) is 4.79 Å². The smallest absolute Gasteiger partial charge is 0.250 e. The highest BCUT2D eigenvalue weighted by Crippen LogP contribution is 2.29. The first-order chi connectivity index (χ1) is 16.8. The van der Waals surface area contributed by atoms with Gasteiger partial charge in [-0.15, -0.1) is 0 Å². The first kappa shape index (κ1) is 24.9. The lowest BCUT2D eigenvalue weighted by molar-refractivity contribution is -0.115. The van der Waals surface area contributed by atoms with E-state index in [-0.39, 0.29) is 11.0 Å². The predicted molar refractivity (Wildman–Crippen MR) is 148 cm³/mol. The number of fused-ring (bicyclic) bond motifs is 1. The summed E-state index contributed by atoms with van der Waals surface area (Å²) >= 11 is 17.3. The Kier molecular flexibility index (Phi) is 7.86. The van der Waals surface area contributed by atoms with E-state index in [1.165, 1.54) is 11.6 Å². The van der Waals surface area contributed by atoms with Crippen molar-refractivity contribution in [2.75, 3.05) is 5.32 Å². The molecule has 35 heavy (non-hydrogen) atoms. The summed E-state index contributed by atoms with van der Waals surface area (Å²) in [4.78, 5) is 16.9. The van der Waals surface area contributed by atoms with Gasteiger partial charge in [-0.3, -0.25) is 10.1 Å². The van der Waals surface area contributed by atoms with Crippen molar-refractivity contribution in [2.24, 2.45) is 0 Å². The second kappa shape index (κ2) is 11.0. The molecule has 1 amide bonds. The summed E-state index contributed by atoms with van der Waals surface area (Å²) in [5.41, 5.74) is 4.96. The van der Waals surface area contributed by atoms with Crippen molar-refractivity contribution < 1.29 is 9.21 Å². The Morgan fingerprint density at radius 2 is 1.97 bits per heavy atom. The number of anilines is 1. The molecule has 1 unspecified atom stereocenters. The summed E-state index contributed by atoms with van der Waals surface area (Å²) in [5, 5.41) is 6.78. The van der Waals surface area contributed by atoms with E-state index >= 15 is 0 Å². The lowest BCUT2D eigenvalue weighted by Crippen LogP contribution is -2.32. The Morgan fingerprint density at radius 1 is 1.14 bits per heavy atom. The van der Waals surface area contributed by atoms with Gasteiger partial charge < -0.3 is 9.73 Å². The van der Waals surface area contributed by atoms with Crippen LogP contribution in [0, 0.1) is 0 Å². The third kappa shape index (κ3) is 6.28. The zero-order chi connectivity index (χ0) is 24.9. The number of aromatic nitrogens is 1. The monoisotopic (exact) mass is 523 g/mol. The van der Waals surface area contributed by atoms with E-state index < -0.39 is 0 Å². The number of carbonyl (C=O) groups excluding carboxylic acids is 1. The average Bonchev–Trinajstić information content (AvgIpc) is 3.26. The molecule has 0 spiro atoms. The molecular formula is C27H23Cl2N3O2S. The number of halogens is 2. The zero-order valence-electron chi connectivity index (χ0n) is 19.1. The second-order valence-corrected chi connectivity index (χ2v) is 9.33. The highest BCUT2D eigenvalue weighted by atomic mass is 35.5. The summed E-state index contributed by atoms with van der Waals surface area (Å²) in [6.07, 6.45) is 4.01. The Hall–Kier alpha value is -3.19. The molecule has 5 nitrogen and oxygen atoms in total. The quantitative estimate of drug-likeness (QED) is 0.199. The van der Waals surface area contributed by atoms with Crippen molar-refractivity contribution in [3.05, 3.63) is 87.9 Å². The number of nitrogens with one attached hydrogen (secondary N) is 2. The van der Waals surface area contributed by atoms with Crippen molar-refractivity contribution >= 4 is 69.3 Å². The Bertz CT molecular complexity index is 1430. The molecule has 4 aromatic rings. The van der Waals surface area contributed by atoms with Gasteiger partial charge in [0.1, 0.15) is 5.52 Å². The van der Waals surface area contributed by atoms with Crippen LogP contribution in [0.4, 0.5) is 5.69 Å². The van der Waals surface area contributed by atoms with E-state index in [2.05, 4.69) is 41.6 Å². The minimum Gasteiger partial charge on any atom is -0.436 e. The number of amides is 1. The summed E-state index contributed by atoms with van der Waals surface area (Å²) in [6.45, 7) is 4.36. The van der Waals surface area contributed by atoms with Crippen molar-refractivity contribution in [2.45, 2.75) is 26.2 Å². The van der Waals surface area contributed by atoms with Crippen molar-refractivity contribution in [3.8, 4) is 11.5 Å². The van der Waals surface area contributed by atoms with Gasteiger partial charge >= 0.3 is 0 Å². The van der Waals surface area contributed by atoms with Gasteiger partial charge in [0, 0.05) is 27.4 Å². The van der Waals surface area contributed by atoms with E-state index in [0.29, 0.717) is 33.1 Å². The highest BCUT2D eigenvalue weighted by molar-refractivity contribution is 7.80. The van der Waals surface area contributed by atoms with Crippen molar-refractivity contribution in [1.82, 2.24) is 10.3 Å². The fraction of sp³-hybridized carbons (Fsp3) is 0.148. The lowest BCUT2D eigenvalue weighted by Gasteiger charge is -2.09. The molecule has 0 fully saturated rings. The molecular weight excluding hydrogens is 501 g/mol. The van der Waals surface area contributed by atoms with Crippen LogP contribution >= 0.6 is 35.4 Å². The third-order valence-electron chi connectivity index (χ3n) is 5.57. The number of hydrogen-bond acceptors (Lipinski definition) is 4. The van der Waals surface area contributed by atoms with Crippen LogP contribution in [0.15, 0.2) is 71.2 Å². The second-order valence-electron chi connectivity index (χ2n) is 8.08. The van der Waals surface area contributed by atoms with Crippen LogP contribution in [-0.2, 0) is 4.79 Å².